The molecule has 0 saturated carbocycles. The summed E-state index contributed by atoms with van der Waals surface area (Å²) < 4.78 is 34.9. The molecule has 1 unspecified atom stereocenters. The molecule has 0 saturated heterocycles. The number of carbonyl (C=O) groups is 2. The maximum Gasteiger partial charge on any atom is 0.264 e. The number of methoxy groups -OCH3 is 1. The average Bonchev–Trinajstić information content (AvgIpc) is 3.07. The third-order valence-electron chi connectivity index (χ3n) is 7.46. The molecular formula is C35H36Cl3N3O5S. The van der Waals surface area contributed by atoms with Crippen LogP contribution in [0.3, 0.4) is 0 Å². The van der Waals surface area contributed by atoms with Gasteiger partial charge in [0.1, 0.15) is 18.3 Å². The molecule has 4 aromatic rings. The van der Waals surface area contributed by atoms with Crippen LogP contribution in [0.2, 0.25) is 15.1 Å². The highest BCUT2D eigenvalue weighted by Gasteiger charge is 2.35. The van der Waals surface area contributed by atoms with Gasteiger partial charge >= 0.3 is 0 Å². The van der Waals surface area contributed by atoms with E-state index in [4.69, 9.17) is 39.5 Å². The van der Waals surface area contributed by atoms with Crippen LogP contribution in [0.5, 0.6) is 5.75 Å². The minimum atomic E-state index is -4.33. The molecule has 0 bridgehead atoms. The van der Waals surface area contributed by atoms with E-state index in [1.54, 1.807) is 42.5 Å². The quantitative estimate of drug-likeness (QED) is 0.129. The van der Waals surface area contributed by atoms with Gasteiger partial charge in [-0.25, -0.2) is 8.42 Å². The molecule has 12 heteroatoms. The van der Waals surface area contributed by atoms with Crippen molar-refractivity contribution in [2.45, 2.75) is 43.7 Å². The predicted molar refractivity (Wildman–Crippen MR) is 188 cm³/mol. The van der Waals surface area contributed by atoms with Crippen LogP contribution >= 0.6 is 34.8 Å². The van der Waals surface area contributed by atoms with E-state index in [0.29, 0.717) is 17.1 Å². The number of carbonyl (C=O) groups excluding carboxylic acids is 2. The van der Waals surface area contributed by atoms with Gasteiger partial charge in [0.05, 0.1) is 27.7 Å². The number of rotatable bonds is 15. The van der Waals surface area contributed by atoms with Crippen molar-refractivity contribution in [3.05, 3.63) is 123 Å². The highest BCUT2D eigenvalue weighted by Crippen LogP contribution is 2.35. The van der Waals surface area contributed by atoms with Crippen molar-refractivity contribution in [2.75, 3.05) is 24.5 Å². The van der Waals surface area contributed by atoms with Gasteiger partial charge in [0.15, 0.2) is 0 Å². The van der Waals surface area contributed by atoms with Crippen LogP contribution in [0.15, 0.2) is 102 Å². The first-order chi connectivity index (χ1) is 22.5. The third-order valence-corrected chi connectivity index (χ3v) is 10.2. The zero-order chi connectivity index (χ0) is 34.0. The summed E-state index contributed by atoms with van der Waals surface area (Å²) in [5.74, 6) is -0.812. The Balaban J connectivity index is 1.84. The van der Waals surface area contributed by atoms with E-state index in [1.165, 1.54) is 36.3 Å². The van der Waals surface area contributed by atoms with Crippen LogP contribution in [0, 0.1) is 0 Å². The van der Waals surface area contributed by atoms with Gasteiger partial charge in [0.2, 0.25) is 11.8 Å². The highest BCUT2D eigenvalue weighted by molar-refractivity contribution is 7.92. The van der Waals surface area contributed by atoms with E-state index in [0.717, 1.165) is 22.7 Å². The van der Waals surface area contributed by atoms with E-state index < -0.39 is 28.5 Å². The molecule has 0 heterocycles. The Morgan fingerprint density at radius 2 is 1.53 bits per heavy atom. The van der Waals surface area contributed by atoms with E-state index in [9.17, 15) is 18.0 Å². The number of amides is 2. The molecule has 248 valence electrons. The molecule has 0 aliphatic carbocycles. The number of unbranched alkanes of at least 4 members (excludes halogenated alkanes) is 1. The molecule has 1 atom stereocenters. The number of nitrogens with one attached hydrogen (secondary N) is 1. The summed E-state index contributed by atoms with van der Waals surface area (Å²) in [6.45, 7) is 1.71. The molecule has 0 aromatic heterocycles. The van der Waals surface area contributed by atoms with Crippen molar-refractivity contribution in [3.63, 3.8) is 0 Å². The van der Waals surface area contributed by atoms with Crippen LogP contribution in [-0.2, 0) is 32.6 Å². The number of sulfonamides is 1. The van der Waals surface area contributed by atoms with Crippen molar-refractivity contribution in [2.24, 2.45) is 0 Å². The Morgan fingerprint density at radius 1 is 0.851 bits per heavy atom. The molecule has 4 aromatic carbocycles. The van der Waals surface area contributed by atoms with Crippen molar-refractivity contribution in [1.29, 1.82) is 0 Å². The Labute approximate surface area is 291 Å². The molecule has 2 amide bonds. The first-order valence-corrected chi connectivity index (χ1v) is 17.6. The Hall–Kier alpha value is -3.76. The third kappa shape index (κ3) is 9.41. The highest BCUT2D eigenvalue weighted by atomic mass is 35.5. The zero-order valence-electron chi connectivity index (χ0n) is 26.0. The van der Waals surface area contributed by atoms with Crippen LogP contribution < -0.4 is 14.4 Å². The van der Waals surface area contributed by atoms with Gasteiger partial charge in [0, 0.05) is 24.5 Å². The number of nitrogens with zero attached hydrogens (tertiary/aromatic N) is 2. The van der Waals surface area contributed by atoms with Gasteiger partial charge in [-0.1, -0.05) is 103 Å². The summed E-state index contributed by atoms with van der Waals surface area (Å²) in [4.78, 5) is 29.8. The van der Waals surface area contributed by atoms with Crippen LogP contribution in [0.1, 0.15) is 30.9 Å². The van der Waals surface area contributed by atoms with Gasteiger partial charge in [-0.3, -0.25) is 13.9 Å². The number of hydrogen-bond donors (Lipinski definition) is 1. The summed E-state index contributed by atoms with van der Waals surface area (Å²) in [5, 5.41) is 3.82. The Kier molecular flexibility index (Phi) is 13.0. The molecule has 0 aliphatic rings. The van der Waals surface area contributed by atoms with E-state index in [-0.39, 0.29) is 45.3 Å². The van der Waals surface area contributed by atoms with Crippen molar-refractivity contribution < 1.29 is 22.7 Å². The minimum absolute atomic E-state index is 0.0380. The van der Waals surface area contributed by atoms with Crippen LogP contribution in [0.25, 0.3) is 0 Å². The molecular weight excluding hydrogens is 681 g/mol. The lowest BCUT2D eigenvalue weighted by molar-refractivity contribution is -0.140. The lowest BCUT2D eigenvalue weighted by Gasteiger charge is -2.34. The lowest BCUT2D eigenvalue weighted by Crippen LogP contribution is -2.53. The normalized spacial score (nSPS) is 11.9. The lowest BCUT2D eigenvalue weighted by atomic mass is 10.0. The first-order valence-electron chi connectivity index (χ1n) is 15.0. The van der Waals surface area contributed by atoms with Crippen LogP contribution in [-0.4, -0.2) is 51.4 Å². The fourth-order valence-electron chi connectivity index (χ4n) is 4.99. The molecule has 0 radical (unpaired) electrons. The van der Waals surface area contributed by atoms with Crippen molar-refractivity contribution >= 4 is 62.3 Å². The standard InChI is InChI=1S/C35H36Cl3N3O5S/c1-3-4-19-39-35(43)32(21-25-11-7-5-8-12-25)40(23-26-15-17-29(37)30(38)20-26)34(42)24-41(31-22-27(36)16-18-33(31)46-2)47(44,45)28-13-9-6-10-14-28/h5-18,20,22,32H,3-4,19,21,23-24H2,1-2H3,(H,39,43). The average molecular weight is 717 g/mol. The monoisotopic (exact) mass is 715 g/mol. The maximum atomic E-state index is 14.6. The molecule has 1 N–H and O–H groups in total. The molecule has 8 nitrogen and oxygen atoms in total. The summed E-state index contributed by atoms with van der Waals surface area (Å²) >= 11 is 18.9. The number of halogens is 3. The SMILES string of the molecule is CCCCNC(=O)C(Cc1ccccc1)N(Cc1ccc(Cl)c(Cl)c1)C(=O)CN(c1cc(Cl)ccc1OC)S(=O)(=O)c1ccccc1. The summed E-state index contributed by atoms with van der Waals surface area (Å²) in [6.07, 6.45) is 1.79. The van der Waals surface area contributed by atoms with E-state index >= 15 is 0 Å². The Morgan fingerprint density at radius 3 is 2.17 bits per heavy atom. The number of hydrogen-bond acceptors (Lipinski definition) is 5. The fourth-order valence-corrected chi connectivity index (χ4v) is 6.91. The first kappa shape index (κ1) is 36.1. The molecule has 4 rings (SSSR count). The zero-order valence-corrected chi connectivity index (χ0v) is 29.1. The van der Waals surface area contributed by atoms with Gasteiger partial charge in [0.25, 0.3) is 10.0 Å². The van der Waals surface area contributed by atoms with Gasteiger partial charge in [-0.2, -0.15) is 0 Å². The summed E-state index contributed by atoms with van der Waals surface area (Å²) in [5.41, 5.74) is 1.49. The fraction of sp³-hybridized carbons (Fsp3) is 0.257. The predicted octanol–water partition coefficient (Wildman–Crippen LogP) is 7.41. The minimum Gasteiger partial charge on any atom is -0.495 e. The van der Waals surface area contributed by atoms with Gasteiger partial charge in [-0.15, -0.1) is 0 Å². The van der Waals surface area contributed by atoms with Crippen molar-refractivity contribution in [3.8, 4) is 5.75 Å². The molecule has 47 heavy (non-hydrogen) atoms. The number of benzene rings is 4. The second-order valence-electron chi connectivity index (χ2n) is 10.8. The second kappa shape index (κ2) is 16.9. The summed E-state index contributed by atoms with van der Waals surface area (Å²) in [7, 11) is -2.93. The van der Waals surface area contributed by atoms with Crippen LogP contribution in [0.4, 0.5) is 5.69 Å². The van der Waals surface area contributed by atoms with E-state index in [1.807, 2.05) is 37.3 Å². The number of ether oxygens (including phenoxy) is 1. The number of anilines is 1. The topological polar surface area (TPSA) is 96.0 Å². The van der Waals surface area contributed by atoms with Gasteiger partial charge < -0.3 is 15.0 Å². The van der Waals surface area contributed by atoms with Gasteiger partial charge in [-0.05, 0) is 60.0 Å². The van der Waals surface area contributed by atoms with E-state index in [2.05, 4.69) is 5.32 Å². The largest absolute Gasteiger partial charge is 0.495 e. The smallest absolute Gasteiger partial charge is 0.264 e. The summed E-state index contributed by atoms with van der Waals surface area (Å²) in [6, 6.07) is 25.5. The van der Waals surface area contributed by atoms with Crippen molar-refractivity contribution in [1.82, 2.24) is 10.2 Å². The molecule has 0 fully saturated rings. The maximum absolute atomic E-state index is 14.6. The second-order valence-corrected chi connectivity index (χ2v) is 13.9. The molecule has 0 aliphatic heterocycles. The molecule has 0 spiro atoms. The Bertz CT molecular complexity index is 1780.